The van der Waals surface area contributed by atoms with E-state index in [0.717, 1.165) is 24.3 Å². The molecule has 6 heteroatoms. The molecule has 3 aliphatic heterocycles. The van der Waals surface area contributed by atoms with Crippen molar-refractivity contribution in [3.8, 4) is 0 Å². The lowest BCUT2D eigenvalue weighted by molar-refractivity contribution is -1.14. The van der Waals surface area contributed by atoms with E-state index in [1.807, 2.05) is 27.7 Å². The summed E-state index contributed by atoms with van der Waals surface area (Å²) in [5.74, 6) is -1.11. The van der Waals surface area contributed by atoms with Crippen molar-refractivity contribution >= 4 is 0 Å². The summed E-state index contributed by atoms with van der Waals surface area (Å²) in [6, 6.07) is -0.381. The first-order valence-electron chi connectivity index (χ1n) is 8.28. The van der Waals surface area contributed by atoms with Gasteiger partial charge in [-0.3, -0.25) is 9.64 Å². The number of piperazine rings is 1. The molecule has 3 rings (SSSR count). The second kappa shape index (κ2) is 5.15. The van der Waals surface area contributed by atoms with Gasteiger partial charge in [0, 0.05) is 18.8 Å². The first kappa shape index (κ1) is 15.6. The van der Waals surface area contributed by atoms with Gasteiger partial charge >= 0.3 is 5.91 Å². The SMILES string of the molecule is CC(C)[C@@H]1O[C@]2(O)[C@H]3CCC[NH+]3[C@H](O)[C@H](C(C)C)[NH+]2[C@@H]1O. The third-order valence-corrected chi connectivity index (χ3v) is 5.69. The largest absolute Gasteiger partial charge is 0.372 e. The minimum atomic E-state index is -1.38. The zero-order valence-electron chi connectivity index (χ0n) is 13.4. The molecule has 3 saturated heterocycles. The van der Waals surface area contributed by atoms with Gasteiger partial charge in [0.05, 0.1) is 6.54 Å². The van der Waals surface area contributed by atoms with Crippen LogP contribution in [0.15, 0.2) is 0 Å². The summed E-state index contributed by atoms with van der Waals surface area (Å²) in [7, 11) is 0. The molecule has 5 N–H and O–H groups in total. The van der Waals surface area contributed by atoms with E-state index >= 15 is 0 Å². The Labute approximate surface area is 126 Å². The van der Waals surface area contributed by atoms with E-state index in [-0.39, 0.29) is 23.9 Å². The molecule has 0 saturated carbocycles. The maximum atomic E-state index is 11.3. The molecule has 8 atom stereocenters. The van der Waals surface area contributed by atoms with Gasteiger partial charge in [-0.15, -0.1) is 0 Å². The van der Waals surface area contributed by atoms with Gasteiger partial charge in [0.2, 0.25) is 18.5 Å². The molecule has 2 unspecified atom stereocenters. The fourth-order valence-electron chi connectivity index (χ4n) is 4.74. The molecule has 0 amide bonds. The molecule has 0 aromatic carbocycles. The van der Waals surface area contributed by atoms with Crippen molar-refractivity contribution in [1.82, 2.24) is 0 Å². The second-order valence-corrected chi connectivity index (χ2v) is 7.66. The number of aliphatic hydroxyl groups excluding tert-OH is 2. The standard InChI is InChI=1S/C15H28N2O4/c1-8(2)11-13(18)16-7-5-6-10(16)15(20)17(11)14(19)12(21-15)9(3)4/h8-14,18-20H,5-7H2,1-4H3/p+2/t10-,11+,12+,13-,14-,15-/m1/s1. The highest BCUT2D eigenvalue weighted by Gasteiger charge is 2.73. The van der Waals surface area contributed by atoms with Crippen LogP contribution in [-0.4, -0.2) is 58.4 Å². The van der Waals surface area contributed by atoms with Crippen LogP contribution in [0.3, 0.4) is 0 Å². The normalized spacial score (nSPS) is 53.3. The average Bonchev–Trinajstić information content (AvgIpc) is 2.97. The maximum absolute atomic E-state index is 11.3. The molecule has 0 aliphatic carbocycles. The number of ether oxygens (including phenoxy) is 1. The Morgan fingerprint density at radius 2 is 1.76 bits per heavy atom. The van der Waals surface area contributed by atoms with Gasteiger partial charge in [0.25, 0.3) is 0 Å². The highest BCUT2D eigenvalue weighted by Crippen LogP contribution is 2.28. The highest BCUT2D eigenvalue weighted by molar-refractivity contribution is 4.87. The van der Waals surface area contributed by atoms with Crippen LogP contribution >= 0.6 is 0 Å². The summed E-state index contributed by atoms with van der Waals surface area (Å²) in [4.78, 5) is 1.65. The molecule has 0 spiro atoms. The predicted molar refractivity (Wildman–Crippen MR) is 75.1 cm³/mol. The molecule has 3 fully saturated rings. The quantitative estimate of drug-likeness (QED) is 0.384. The van der Waals surface area contributed by atoms with E-state index in [1.165, 1.54) is 0 Å². The number of hydrogen-bond donors (Lipinski definition) is 5. The van der Waals surface area contributed by atoms with Crippen LogP contribution < -0.4 is 9.80 Å². The molecule has 21 heavy (non-hydrogen) atoms. The fourth-order valence-corrected chi connectivity index (χ4v) is 4.74. The lowest BCUT2D eigenvalue weighted by Crippen LogP contribution is -3.40. The summed E-state index contributed by atoms with van der Waals surface area (Å²) in [6.45, 7) is 8.92. The van der Waals surface area contributed by atoms with E-state index < -0.39 is 24.5 Å². The minimum Gasteiger partial charge on any atom is -0.343 e. The Morgan fingerprint density at radius 1 is 1.10 bits per heavy atom. The minimum absolute atomic E-state index is 0.122. The van der Waals surface area contributed by atoms with Crippen molar-refractivity contribution in [2.45, 2.75) is 77.1 Å². The zero-order chi connectivity index (χ0) is 15.5. The number of quaternary nitrogens is 2. The van der Waals surface area contributed by atoms with Crippen molar-refractivity contribution in [2.75, 3.05) is 6.54 Å². The van der Waals surface area contributed by atoms with Gasteiger partial charge in [-0.2, -0.15) is 0 Å². The Hall–Kier alpha value is -0.240. The van der Waals surface area contributed by atoms with Crippen LogP contribution in [-0.2, 0) is 4.74 Å². The number of fused-ring (bicyclic) bond motifs is 3. The molecule has 122 valence electrons. The van der Waals surface area contributed by atoms with Crippen molar-refractivity contribution in [2.24, 2.45) is 11.8 Å². The van der Waals surface area contributed by atoms with E-state index in [0.29, 0.717) is 4.90 Å². The third-order valence-electron chi connectivity index (χ3n) is 5.69. The van der Waals surface area contributed by atoms with Crippen molar-refractivity contribution < 1.29 is 29.9 Å². The Kier molecular flexibility index (Phi) is 3.83. The van der Waals surface area contributed by atoms with Gasteiger partial charge in [-0.1, -0.05) is 27.7 Å². The molecule has 0 radical (unpaired) electrons. The van der Waals surface area contributed by atoms with Crippen LogP contribution in [0, 0.1) is 11.8 Å². The molecular formula is C15H30N2O4+2. The Balaban J connectivity index is 2.03. The molecule has 0 aromatic heterocycles. The number of hydrogen-bond acceptors (Lipinski definition) is 4. The van der Waals surface area contributed by atoms with Crippen molar-refractivity contribution in [1.29, 1.82) is 0 Å². The van der Waals surface area contributed by atoms with E-state index in [9.17, 15) is 15.3 Å². The first-order chi connectivity index (χ1) is 9.79. The fraction of sp³-hybridized carbons (Fsp3) is 1.00. The molecule has 3 aliphatic rings. The van der Waals surface area contributed by atoms with E-state index in [4.69, 9.17) is 4.74 Å². The van der Waals surface area contributed by atoms with E-state index in [2.05, 4.69) is 0 Å². The van der Waals surface area contributed by atoms with Gasteiger partial charge in [0.1, 0.15) is 6.10 Å². The lowest BCUT2D eigenvalue weighted by Gasteiger charge is -2.48. The molecule has 0 aromatic rings. The van der Waals surface area contributed by atoms with Gasteiger partial charge in [-0.05, 0) is 5.92 Å². The smallest absolute Gasteiger partial charge is 0.343 e. The molecule has 6 nitrogen and oxygen atoms in total. The summed E-state index contributed by atoms with van der Waals surface area (Å²) in [5.41, 5.74) is 0. The molecular weight excluding hydrogens is 272 g/mol. The van der Waals surface area contributed by atoms with Gasteiger partial charge in [0.15, 0.2) is 6.04 Å². The summed E-state index contributed by atoms with van der Waals surface area (Å²) >= 11 is 0. The molecule has 3 heterocycles. The Morgan fingerprint density at radius 3 is 2.33 bits per heavy atom. The summed E-state index contributed by atoms with van der Waals surface area (Å²) in [6.07, 6.45) is 0.0624. The number of rotatable bonds is 2. The van der Waals surface area contributed by atoms with Crippen LogP contribution in [0.25, 0.3) is 0 Å². The highest BCUT2D eigenvalue weighted by atomic mass is 16.7. The zero-order valence-corrected chi connectivity index (χ0v) is 13.4. The number of nitrogens with one attached hydrogen (secondary N) is 2. The molecule has 0 bridgehead atoms. The van der Waals surface area contributed by atoms with Crippen LogP contribution in [0.4, 0.5) is 0 Å². The van der Waals surface area contributed by atoms with Gasteiger partial charge < -0.3 is 15.3 Å². The van der Waals surface area contributed by atoms with E-state index in [1.54, 1.807) is 0 Å². The monoisotopic (exact) mass is 302 g/mol. The summed E-state index contributed by atoms with van der Waals surface area (Å²) < 4.78 is 6.01. The predicted octanol–water partition coefficient (Wildman–Crippen LogP) is -2.71. The summed E-state index contributed by atoms with van der Waals surface area (Å²) in [5, 5.41) is 32.8. The van der Waals surface area contributed by atoms with Gasteiger partial charge in [-0.25, -0.2) is 4.90 Å². The van der Waals surface area contributed by atoms with Crippen molar-refractivity contribution in [3.05, 3.63) is 0 Å². The van der Waals surface area contributed by atoms with Crippen molar-refractivity contribution in [3.63, 3.8) is 0 Å². The van der Waals surface area contributed by atoms with Crippen LogP contribution in [0.5, 0.6) is 0 Å². The topological polar surface area (TPSA) is 78.8 Å². The Bertz CT molecular complexity index is 405. The lowest BCUT2D eigenvalue weighted by atomic mass is 9.92. The maximum Gasteiger partial charge on any atom is 0.372 e. The first-order valence-corrected chi connectivity index (χ1v) is 8.28. The average molecular weight is 302 g/mol. The van der Waals surface area contributed by atoms with Crippen LogP contribution in [0.1, 0.15) is 40.5 Å². The number of aliphatic hydroxyl groups is 3. The third kappa shape index (κ3) is 2.08. The van der Waals surface area contributed by atoms with Crippen LogP contribution in [0.2, 0.25) is 0 Å². The second-order valence-electron chi connectivity index (χ2n) is 7.66.